The van der Waals surface area contributed by atoms with Crippen LogP contribution in [0.15, 0.2) is 33.7 Å². The zero-order valence-electron chi connectivity index (χ0n) is 12.0. The highest BCUT2D eigenvalue weighted by molar-refractivity contribution is 6.01. The van der Waals surface area contributed by atoms with Crippen LogP contribution in [-0.4, -0.2) is 25.5 Å². The van der Waals surface area contributed by atoms with Crippen molar-refractivity contribution in [1.29, 1.82) is 0 Å². The minimum atomic E-state index is -0.456. The van der Waals surface area contributed by atoms with Gasteiger partial charge in [-0.25, -0.2) is 0 Å². The largest absolute Gasteiger partial charge is 0.459 e. The maximum absolute atomic E-state index is 12.0. The third-order valence-corrected chi connectivity index (χ3v) is 3.12. The number of hydrogen-bond donors (Lipinski definition) is 2. The van der Waals surface area contributed by atoms with E-state index in [0.29, 0.717) is 18.0 Å². The summed E-state index contributed by atoms with van der Waals surface area (Å²) in [6.45, 7) is 2.08. The fourth-order valence-electron chi connectivity index (χ4n) is 2.05. The van der Waals surface area contributed by atoms with E-state index >= 15 is 0 Å². The Kier molecular flexibility index (Phi) is 3.73. The Morgan fingerprint density at radius 3 is 3.09 bits per heavy atom. The molecule has 22 heavy (non-hydrogen) atoms. The third kappa shape index (κ3) is 2.76. The molecule has 0 aliphatic carbocycles. The van der Waals surface area contributed by atoms with E-state index < -0.39 is 5.91 Å². The summed E-state index contributed by atoms with van der Waals surface area (Å²) >= 11 is 0. The molecule has 3 heterocycles. The number of hydrogen-bond acceptors (Lipinski definition) is 5. The van der Waals surface area contributed by atoms with Gasteiger partial charge in [0, 0.05) is 12.5 Å². The summed E-state index contributed by atoms with van der Waals surface area (Å²) in [4.78, 5) is 30.6. The molecule has 3 aromatic heterocycles. The van der Waals surface area contributed by atoms with Crippen molar-refractivity contribution in [3.63, 3.8) is 0 Å². The minimum absolute atomic E-state index is 0.153. The van der Waals surface area contributed by atoms with Crippen LogP contribution in [0.1, 0.15) is 36.1 Å². The van der Waals surface area contributed by atoms with E-state index in [2.05, 4.69) is 27.3 Å². The van der Waals surface area contributed by atoms with Crippen LogP contribution in [0.5, 0.6) is 0 Å². The second kappa shape index (κ2) is 5.84. The predicted octanol–water partition coefficient (Wildman–Crippen LogP) is 1.61. The lowest BCUT2D eigenvalue weighted by Gasteiger charge is -2.04. The molecule has 8 heteroatoms. The Balaban J connectivity index is 1.95. The smallest absolute Gasteiger partial charge is 0.292 e. The van der Waals surface area contributed by atoms with Gasteiger partial charge in [-0.1, -0.05) is 13.3 Å². The second-order valence-corrected chi connectivity index (χ2v) is 4.82. The molecule has 114 valence electrons. The van der Waals surface area contributed by atoms with Gasteiger partial charge in [-0.05, 0) is 18.6 Å². The van der Waals surface area contributed by atoms with Crippen molar-refractivity contribution < 1.29 is 9.21 Å². The number of anilines is 1. The standard InChI is InChI=1S/C14H15N5O3/c1-2-3-6-10-15-14-17-12(20)8-11(19(14)18-10)16-13(21)9-5-4-7-22-9/h4-5,7-8H,2-3,6H2,1H3,(H,16,21)(H,15,17,18,20). The number of furan rings is 1. The number of fused-ring (bicyclic) bond motifs is 1. The molecule has 0 radical (unpaired) electrons. The number of aromatic amines is 1. The van der Waals surface area contributed by atoms with Crippen molar-refractivity contribution in [2.24, 2.45) is 0 Å². The average molecular weight is 301 g/mol. The molecular formula is C14H15N5O3. The quantitative estimate of drug-likeness (QED) is 0.744. The lowest BCUT2D eigenvalue weighted by molar-refractivity contribution is 0.0996. The molecule has 0 bridgehead atoms. The fraction of sp³-hybridized carbons (Fsp3) is 0.286. The summed E-state index contributed by atoms with van der Waals surface area (Å²) in [6.07, 6.45) is 4.09. The van der Waals surface area contributed by atoms with Crippen LogP contribution in [0.4, 0.5) is 5.82 Å². The van der Waals surface area contributed by atoms with Gasteiger partial charge in [0.1, 0.15) is 5.82 Å². The van der Waals surface area contributed by atoms with E-state index in [9.17, 15) is 9.59 Å². The van der Waals surface area contributed by atoms with Crippen molar-refractivity contribution in [2.75, 3.05) is 5.32 Å². The highest BCUT2D eigenvalue weighted by Gasteiger charge is 2.14. The molecular weight excluding hydrogens is 286 g/mol. The summed E-state index contributed by atoms with van der Waals surface area (Å²) in [5, 5.41) is 6.92. The number of aromatic nitrogens is 4. The molecule has 0 aromatic carbocycles. The Morgan fingerprint density at radius 2 is 2.36 bits per heavy atom. The normalized spacial score (nSPS) is 11.0. The molecule has 0 atom stereocenters. The second-order valence-electron chi connectivity index (χ2n) is 4.82. The Hall–Kier alpha value is -2.90. The van der Waals surface area contributed by atoms with Crippen LogP contribution >= 0.6 is 0 Å². The minimum Gasteiger partial charge on any atom is -0.459 e. The summed E-state index contributed by atoms with van der Waals surface area (Å²) < 4.78 is 6.43. The highest BCUT2D eigenvalue weighted by Crippen LogP contribution is 2.10. The Bertz CT molecular complexity index is 847. The highest BCUT2D eigenvalue weighted by atomic mass is 16.3. The van der Waals surface area contributed by atoms with Gasteiger partial charge in [0.2, 0.25) is 5.78 Å². The number of carbonyl (C=O) groups excluding carboxylic acids is 1. The first-order chi connectivity index (χ1) is 10.7. The van der Waals surface area contributed by atoms with E-state index in [4.69, 9.17) is 4.42 Å². The van der Waals surface area contributed by atoms with Gasteiger partial charge in [-0.2, -0.15) is 9.50 Å². The first-order valence-corrected chi connectivity index (χ1v) is 7.01. The molecule has 0 aliphatic heterocycles. The molecule has 3 aromatic rings. The van der Waals surface area contributed by atoms with Gasteiger partial charge in [0.15, 0.2) is 11.6 Å². The zero-order chi connectivity index (χ0) is 15.5. The molecule has 1 amide bonds. The molecule has 8 nitrogen and oxygen atoms in total. The first kappa shape index (κ1) is 14.1. The predicted molar refractivity (Wildman–Crippen MR) is 78.9 cm³/mol. The molecule has 0 spiro atoms. The van der Waals surface area contributed by atoms with Crippen LogP contribution in [-0.2, 0) is 6.42 Å². The van der Waals surface area contributed by atoms with Gasteiger partial charge in [-0.15, -0.1) is 5.10 Å². The van der Waals surface area contributed by atoms with Gasteiger partial charge in [0.05, 0.1) is 6.26 Å². The number of carbonyl (C=O) groups is 1. The molecule has 0 saturated carbocycles. The number of nitrogens with zero attached hydrogens (tertiary/aromatic N) is 3. The fourth-order valence-corrected chi connectivity index (χ4v) is 2.05. The number of rotatable bonds is 5. The summed E-state index contributed by atoms with van der Waals surface area (Å²) in [5.74, 6) is 0.864. The maximum atomic E-state index is 12.0. The van der Waals surface area contributed by atoms with E-state index in [1.165, 1.54) is 22.9 Å². The zero-order valence-corrected chi connectivity index (χ0v) is 12.0. The van der Waals surface area contributed by atoms with E-state index in [0.717, 1.165) is 12.8 Å². The lowest BCUT2D eigenvalue weighted by atomic mass is 10.2. The molecule has 0 saturated heterocycles. The number of aryl methyl sites for hydroxylation is 1. The van der Waals surface area contributed by atoms with Crippen LogP contribution in [0, 0.1) is 0 Å². The van der Waals surface area contributed by atoms with E-state index in [1.807, 2.05) is 0 Å². The summed E-state index contributed by atoms with van der Waals surface area (Å²) in [7, 11) is 0. The van der Waals surface area contributed by atoms with Gasteiger partial charge in [0.25, 0.3) is 11.5 Å². The van der Waals surface area contributed by atoms with Gasteiger partial charge < -0.3 is 9.73 Å². The Morgan fingerprint density at radius 1 is 1.50 bits per heavy atom. The van der Waals surface area contributed by atoms with Gasteiger partial charge >= 0.3 is 0 Å². The van der Waals surface area contributed by atoms with Crippen molar-refractivity contribution in [3.8, 4) is 0 Å². The number of unbranched alkanes of at least 4 members (excludes halogenated alkanes) is 1. The number of H-pyrrole nitrogens is 1. The summed E-state index contributed by atoms with van der Waals surface area (Å²) in [5.41, 5.74) is -0.364. The van der Waals surface area contributed by atoms with E-state index in [-0.39, 0.29) is 17.1 Å². The topological polar surface area (TPSA) is 105 Å². The monoisotopic (exact) mass is 301 g/mol. The van der Waals surface area contributed by atoms with Crippen LogP contribution in [0.2, 0.25) is 0 Å². The molecule has 0 unspecified atom stereocenters. The average Bonchev–Trinajstić information content (AvgIpc) is 3.14. The van der Waals surface area contributed by atoms with Crippen molar-refractivity contribution >= 4 is 17.5 Å². The number of nitrogens with one attached hydrogen (secondary N) is 2. The van der Waals surface area contributed by atoms with E-state index in [1.54, 1.807) is 6.07 Å². The molecule has 0 aliphatic rings. The maximum Gasteiger partial charge on any atom is 0.292 e. The molecule has 0 fully saturated rings. The molecule has 3 rings (SSSR count). The van der Waals surface area contributed by atoms with Crippen LogP contribution < -0.4 is 10.9 Å². The summed E-state index contributed by atoms with van der Waals surface area (Å²) in [6, 6.07) is 4.40. The number of amides is 1. The third-order valence-electron chi connectivity index (χ3n) is 3.12. The van der Waals surface area contributed by atoms with Crippen molar-refractivity contribution in [1.82, 2.24) is 19.6 Å². The van der Waals surface area contributed by atoms with Crippen molar-refractivity contribution in [2.45, 2.75) is 26.2 Å². The lowest BCUT2D eigenvalue weighted by Crippen LogP contribution is -2.18. The first-order valence-electron chi connectivity index (χ1n) is 7.01. The Labute approximate surface area is 125 Å². The SMILES string of the molecule is CCCCc1nc2[nH]c(=O)cc(NC(=O)c3ccco3)n2n1. The van der Waals surface area contributed by atoms with Gasteiger partial charge in [-0.3, -0.25) is 14.6 Å². The molecule has 2 N–H and O–H groups in total. The van der Waals surface area contributed by atoms with Crippen LogP contribution in [0.25, 0.3) is 5.78 Å². The van der Waals surface area contributed by atoms with Crippen molar-refractivity contribution in [3.05, 3.63) is 46.4 Å². The van der Waals surface area contributed by atoms with Crippen LogP contribution in [0.3, 0.4) is 0 Å².